The molecule has 1 rings (SSSR count). The Bertz CT molecular complexity index is 238. The molecule has 1 aromatic heterocycles. The quantitative estimate of drug-likeness (QED) is 0.704. The van der Waals surface area contributed by atoms with Crippen LogP contribution in [0.4, 0.5) is 0 Å². The fourth-order valence-electron chi connectivity index (χ4n) is 0.966. The predicted octanol–water partition coefficient (Wildman–Crippen LogP) is 2.97. The Labute approximate surface area is 78.1 Å². The van der Waals surface area contributed by atoms with Gasteiger partial charge in [-0.25, -0.2) is 0 Å². The van der Waals surface area contributed by atoms with E-state index >= 15 is 0 Å². The minimum Gasteiger partial charge on any atom is -0.306 e. The lowest BCUT2D eigenvalue weighted by Crippen LogP contribution is -2.19. The molecule has 0 radical (unpaired) electrons. The Morgan fingerprint density at radius 2 is 2.50 bits per heavy atom. The molecule has 12 heavy (non-hydrogen) atoms. The molecule has 0 bridgehead atoms. The predicted molar refractivity (Wildman–Crippen MR) is 55.6 cm³/mol. The lowest BCUT2D eigenvalue weighted by molar-refractivity contribution is 0.617. The number of nitrogens with one attached hydrogen (secondary N) is 1. The summed E-state index contributed by atoms with van der Waals surface area (Å²) in [6, 6.07) is 4.68. The Hall–Kier alpha value is -0.600. The van der Waals surface area contributed by atoms with Gasteiger partial charge in [0, 0.05) is 17.5 Å². The van der Waals surface area contributed by atoms with Crippen LogP contribution in [0, 0.1) is 0 Å². The monoisotopic (exact) mass is 181 g/mol. The van der Waals surface area contributed by atoms with Crippen LogP contribution >= 0.6 is 11.3 Å². The van der Waals surface area contributed by atoms with Gasteiger partial charge >= 0.3 is 0 Å². The molecule has 0 aliphatic rings. The smallest absolute Gasteiger partial charge is 0.0388 e. The first kappa shape index (κ1) is 9.49. The third-order valence-corrected chi connectivity index (χ3v) is 2.74. The fraction of sp³-hybridized carbons (Fsp3) is 0.400. The van der Waals surface area contributed by atoms with E-state index in [0.717, 1.165) is 6.54 Å². The zero-order valence-corrected chi connectivity index (χ0v) is 8.45. The van der Waals surface area contributed by atoms with Crippen molar-refractivity contribution in [3.05, 3.63) is 34.5 Å². The molecule has 0 fully saturated rings. The number of rotatable bonds is 4. The first-order valence-electron chi connectivity index (χ1n) is 4.11. The van der Waals surface area contributed by atoms with Crippen molar-refractivity contribution < 1.29 is 0 Å². The molecule has 0 saturated heterocycles. The van der Waals surface area contributed by atoms with Gasteiger partial charge in [-0.15, -0.1) is 11.3 Å². The molecule has 0 saturated carbocycles. The summed E-state index contributed by atoms with van der Waals surface area (Å²) in [5, 5.41) is 5.50. The minimum atomic E-state index is 0.446. The Morgan fingerprint density at radius 3 is 3.00 bits per heavy atom. The van der Waals surface area contributed by atoms with Crippen molar-refractivity contribution in [2.75, 3.05) is 6.54 Å². The van der Waals surface area contributed by atoms with Gasteiger partial charge in [-0.1, -0.05) is 18.2 Å². The van der Waals surface area contributed by atoms with Gasteiger partial charge in [0.25, 0.3) is 0 Å². The molecule has 0 aliphatic heterocycles. The molecule has 1 aromatic rings. The van der Waals surface area contributed by atoms with Crippen molar-refractivity contribution in [3.63, 3.8) is 0 Å². The Kier molecular flexibility index (Phi) is 3.50. The molecule has 1 nitrogen and oxygen atoms in total. The van der Waals surface area contributed by atoms with Crippen LogP contribution in [0.1, 0.15) is 24.8 Å². The van der Waals surface area contributed by atoms with E-state index in [1.807, 2.05) is 6.92 Å². The first-order chi connectivity index (χ1) is 5.70. The maximum absolute atomic E-state index is 3.85. The highest BCUT2D eigenvalue weighted by atomic mass is 32.1. The van der Waals surface area contributed by atoms with E-state index in [0.29, 0.717) is 6.04 Å². The lowest BCUT2D eigenvalue weighted by atomic mass is 10.2. The van der Waals surface area contributed by atoms with Crippen molar-refractivity contribution in [1.29, 1.82) is 0 Å². The normalized spacial score (nSPS) is 12.8. The number of hydrogen-bond acceptors (Lipinski definition) is 2. The van der Waals surface area contributed by atoms with Gasteiger partial charge in [0.2, 0.25) is 0 Å². The summed E-state index contributed by atoms with van der Waals surface area (Å²) < 4.78 is 0. The van der Waals surface area contributed by atoms with Gasteiger partial charge in [0.1, 0.15) is 0 Å². The van der Waals surface area contributed by atoms with E-state index in [1.54, 1.807) is 11.3 Å². The van der Waals surface area contributed by atoms with Crippen LogP contribution in [0.5, 0.6) is 0 Å². The highest BCUT2D eigenvalue weighted by molar-refractivity contribution is 7.10. The molecule has 1 N–H and O–H groups in total. The fourth-order valence-corrected chi connectivity index (χ4v) is 1.72. The summed E-state index contributed by atoms with van der Waals surface area (Å²) in [5.41, 5.74) is 1.18. The van der Waals surface area contributed by atoms with Crippen molar-refractivity contribution in [3.8, 4) is 0 Å². The molecule has 0 amide bonds. The molecule has 1 heterocycles. The first-order valence-corrected chi connectivity index (χ1v) is 4.99. The van der Waals surface area contributed by atoms with Crippen LogP contribution in [0.3, 0.4) is 0 Å². The van der Waals surface area contributed by atoms with Crippen molar-refractivity contribution in [2.45, 2.75) is 19.9 Å². The van der Waals surface area contributed by atoms with E-state index < -0.39 is 0 Å². The summed E-state index contributed by atoms with van der Waals surface area (Å²) in [7, 11) is 0. The molecule has 0 aliphatic carbocycles. The maximum atomic E-state index is 3.85. The van der Waals surface area contributed by atoms with Gasteiger partial charge in [-0.3, -0.25) is 0 Å². The SMILES string of the molecule is C=C(C)CN[C@H](C)c1cccs1. The summed E-state index contributed by atoms with van der Waals surface area (Å²) in [5.74, 6) is 0. The van der Waals surface area contributed by atoms with Crippen LogP contribution in [-0.2, 0) is 0 Å². The second-order valence-electron chi connectivity index (χ2n) is 3.08. The molecule has 1 atom stereocenters. The van der Waals surface area contributed by atoms with E-state index in [-0.39, 0.29) is 0 Å². The third-order valence-electron chi connectivity index (χ3n) is 1.68. The average Bonchev–Trinajstić information content (AvgIpc) is 2.51. The molecule has 0 unspecified atom stereocenters. The van der Waals surface area contributed by atoms with Gasteiger partial charge < -0.3 is 5.32 Å². The highest BCUT2D eigenvalue weighted by Crippen LogP contribution is 2.17. The van der Waals surface area contributed by atoms with Gasteiger partial charge in [-0.05, 0) is 25.3 Å². The van der Waals surface area contributed by atoms with Crippen LogP contribution in [0.25, 0.3) is 0 Å². The molecule has 0 spiro atoms. The zero-order valence-electron chi connectivity index (χ0n) is 7.63. The van der Waals surface area contributed by atoms with Gasteiger partial charge in [0.15, 0.2) is 0 Å². The summed E-state index contributed by atoms with van der Waals surface area (Å²) in [4.78, 5) is 1.39. The average molecular weight is 181 g/mol. The molecular formula is C10H15NS. The van der Waals surface area contributed by atoms with E-state index in [2.05, 4.69) is 36.3 Å². The van der Waals surface area contributed by atoms with Gasteiger partial charge in [-0.2, -0.15) is 0 Å². The second-order valence-corrected chi connectivity index (χ2v) is 4.05. The minimum absolute atomic E-state index is 0.446. The summed E-state index contributed by atoms with van der Waals surface area (Å²) >= 11 is 1.79. The topological polar surface area (TPSA) is 12.0 Å². The highest BCUT2D eigenvalue weighted by Gasteiger charge is 2.03. The Balaban J connectivity index is 2.39. The molecule has 2 heteroatoms. The maximum Gasteiger partial charge on any atom is 0.0388 e. The molecular weight excluding hydrogens is 166 g/mol. The van der Waals surface area contributed by atoms with E-state index in [4.69, 9.17) is 0 Å². The number of hydrogen-bond donors (Lipinski definition) is 1. The lowest BCUT2D eigenvalue weighted by Gasteiger charge is -2.11. The van der Waals surface area contributed by atoms with Crippen LogP contribution in [0.15, 0.2) is 29.7 Å². The van der Waals surface area contributed by atoms with E-state index in [1.165, 1.54) is 10.5 Å². The van der Waals surface area contributed by atoms with Crippen molar-refractivity contribution >= 4 is 11.3 Å². The molecule has 0 aromatic carbocycles. The molecule has 66 valence electrons. The van der Waals surface area contributed by atoms with Gasteiger partial charge in [0.05, 0.1) is 0 Å². The van der Waals surface area contributed by atoms with Crippen molar-refractivity contribution in [1.82, 2.24) is 5.32 Å². The standard InChI is InChI=1S/C10H15NS/c1-8(2)7-11-9(3)10-5-4-6-12-10/h4-6,9,11H,1,7H2,2-3H3/t9-/m1/s1. The van der Waals surface area contributed by atoms with Crippen LogP contribution in [0.2, 0.25) is 0 Å². The largest absolute Gasteiger partial charge is 0.306 e. The second kappa shape index (κ2) is 4.43. The van der Waals surface area contributed by atoms with Crippen LogP contribution < -0.4 is 5.32 Å². The van der Waals surface area contributed by atoms with Crippen molar-refractivity contribution in [2.24, 2.45) is 0 Å². The Morgan fingerprint density at radius 1 is 1.75 bits per heavy atom. The van der Waals surface area contributed by atoms with Crippen LogP contribution in [-0.4, -0.2) is 6.54 Å². The third kappa shape index (κ3) is 2.80. The number of thiophene rings is 1. The van der Waals surface area contributed by atoms with E-state index in [9.17, 15) is 0 Å². The summed E-state index contributed by atoms with van der Waals surface area (Å²) in [6.45, 7) is 8.96. The summed E-state index contributed by atoms with van der Waals surface area (Å²) in [6.07, 6.45) is 0. The zero-order chi connectivity index (χ0) is 8.97.